The summed E-state index contributed by atoms with van der Waals surface area (Å²) < 4.78 is 0. The van der Waals surface area contributed by atoms with E-state index in [4.69, 9.17) is 0 Å². The molecule has 1 aromatic carbocycles. The van der Waals surface area contributed by atoms with Crippen molar-refractivity contribution in [3.8, 4) is 0 Å². The Morgan fingerprint density at radius 3 is 2.42 bits per heavy atom. The maximum absolute atomic E-state index is 12.8. The van der Waals surface area contributed by atoms with E-state index in [1.807, 2.05) is 30.3 Å². The zero-order valence-corrected chi connectivity index (χ0v) is 11.1. The summed E-state index contributed by atoms with van der Waals surface area (Å²) in [7, 11) is 0. The number of hydrogen-bond donors (Lipinski definition) is 0. The maximum atomic E-state index is 12.8. The Bertz CT molecular complexity index is 600. The number of aryl methyl sites for hydroxylation is 1. The lowest BCUT2D eigenvalue weighted by atomic mass is 9.60. The van der Waals surface area contributed by atoms with E-state index in [9.17, 15) is 4.79 Å². The van der Waals surface area contributed by atoms with Crippen LogP contribution in [0.25, 0.3) is 0 Å². The molecular formula is C17H17NO. The molecule has 1 aliphatic carbocycles. The minimum atomic E-state index is -0.334. The summed E-state index contributed by atoms with van der Waals surface area (Å²) in [5, 5.41) is 0. The number of pyridine rings is 1. The van der Waals surface area contributed by atoms with Gasteiger partial charge in [0, 0.05) is 6.20 Å². The standard InChI is InChI=1S/C17H17NO/c1-13-7-2-3-8-14(13)17(10-6-11-17)16(19)15-9-4-5-12-18-15/h2-5,7-9,12H,6,10-11H2,1H3. The summed E-state index contributed by atoms with van der Waals surface area (Å²) in [6.07, 6.45) is 4.69. The van der Waals surface area contributed by atoms with Crippen LogP contribution >= 0.6 is 0 Å². The molecular weight excluding hydrogens is 234 g/mol. The minimum absolute atomic E-state index is 0.175. The second kappa shape index (κ2) is 4.61. The predicted octanol–water partition coefficient (Wildman–Crippen LogP) is 3.69. The highest BCUT2D eigenvalue weighted by Gasteiger charge is 2.46. The minimum Gasteiger partial charge on any atom is -0.291 e. The van der Waals surface area contributed by atoms with Crippen molar-refractivity contribution in [3.05, 3.63) is 65.5 Å². The number of ketones is 1. The zero-order valence-electron chi connectivity index (χ0n) is 11.1. The van der Waals surface area contributed by atoms with E-state index in [1.165, 1.54) is 11.1 Å². The highest BCUT2D eigenvalue weighted by atomic mass is 16.1. The monoisotopic (exact) mass is 251 g/mol. The first kappa shape index (κ1) is 12.1. The maximum Gasteiger partial charge on any atom is 0.191 e. The topological polar surface area (TPSA) is 30.0 Å². The van der Waals surface area contributed by atoms with E-state index in [0.717, 1.165) is 19.3 Å². The molecule has 1 fully saturated rings. The predicted molar refractivity (Wildman–Crippen MR) is 75.3 cm³/mol. The van der Waals surface area contributed by atoms with Crippen LogP contribution in [0.3, 0.4) is 0 Å². The molecule has 0 radical (unpaired) electrons. The Kier molecular flexibility index (Phi) is 2.94. The molecule has 0 unspecified atom stereocenters. The molecule has 3 rings (SSSR count). The number of benzene rings is 1. The van der Waals surface area contributed by atoms with Crippen LogP contribution in [0, 0.1) is 6.92 Å². The molecule has 1 aliphatic rings. The molecule has 2 nitrogen and oxygen atoms in total. The van der Waals surface area contributed by atoms with E-state index < -0.39 is 0 Å². The molecule has 0 N–H and O–H groups in total. The van der Waals surface area contributed by atoms with Gasteiger partial charge in [-0.05, 0) is 43.0 Å². The molecule has 0 bridgehead atoms. The van der Waals surface area contributed by atoms with Gasteiger partial charge in [0.25, 0.3) is 0 Å². The number of hydrogen-bond acceptors (Lipinski definition) is 2. The van der Waals surface area contributed by atoms with Crippen LogP contribution in [0.1, 0.15) is 40.9 Å². The molecule has 96 valence electrons. The van der Waals surface area contributed by atoms with Gasteiger partial charge in [-0.1, -0.05) is 36.8 Å². The van der Waals surface area contributed by atoms with Gasteiger partial charge in [-0.25, -0.2) is 0 Å². The van der Waals surface area contributed by atoms with Gasteiger partial charge in [0.1, 0.15) is 5.69 Å². The number of rotatable bonds is 3. The van der Waals surface area contributed by atoms with Crippen molar-refractivity contribution < 1.29 is 4.79 Å². The van der Waals surface area contributed by atoms with Gasteiger partial charge in [0.2, 0.25) is 0 Å². The van der Waals surface area contributed by atoms with Gasteiger partial charge in [-0.2, -0.15) is 0 Å². The van der Waals surface area contributed by atoms with E-state index >= 15 is 0 Å². The van der Waals surface area contributed by atoms with Crippen LogP contribution in [-0.4, -0.2) is 10.8 Å². The largest absolute Gasteiger partial charge is 0.291 e. The molecule has 2 heteroatoms. The van der Waals surface area contributed by atoms with Crippen molar-refractivity contribution in [2.24, 2.45) is 0 Å². The Hall–Kier alpha value is -1.96. The van der Waals surface area contributed by atoms with Crippen molar-refractivity contribution in [2.45, 2.75) is 31.6 Å². The number of carbonyl (C=O) groups is 1. The van der Waals surface area contributed by atoms with Crippen LogP contribution in [0.5, 0.6) is 0 Å². The third-order valence-corrected chi connectivity index (χ3v) is 4.20. The molecule has 19 heavy (non-hydrogen) atoms. The molecule has 1 heterocycles. The lowest BCUT2D eigenvalue weighted by Crippen LogP contribution is -2.43. The summed E-state index contributed by atoms with van der Waals surface area (Å²) in [4.78, 5) is 17.1. The van der Waals surface area contributed by atoms with E-state index in [2.05, 4.69) is 24.0 Å². The quantitative estimate of drug-likeness (QED) is 0.779. The molecule has 0 amide bonds. The van der Waals surface area contributed by atoms with Crippen molar-refractivity contribution >= 4 is 5.78 Å². The number of aromatic nitrogens is 1. The molecule has 0 atom stereocenters. The zero-order chi connectivity index (χ0) is 13.3. The van der Waals surface area contributed by atoms with Gasteiger partial charge in [0.15, 0.2) is 5.78 Å². The van der Waals surface area contributed by atoms with Gasteiger partial charge in [-0.3, -0.25) is 9.78 Å². The van der Waals surface area contributed by atoms with E-state index in [0.29, 0.717) is 5.69 Å². The van der Waals surface area contributed by atoms with Crippen LogP contribution in [0.2, 0.25) is 0 Å². The fraction of sp³-hybridized carbons (Fsp3) is 0.294. The van der Waals surface area contributed by atoms with E-state index in [1.54, 1.807) is 6.20 Å². The normalized spacial score (nSPS) is 16.7. The average molecular weight is 251 g/mol. The van der Waals surface area contributed by atoms with E-state index in [-0.39, 0.29) is 11.2 Å². The molecule has 0 aliphatic heterocycles. The summed E-state index contributed by atoms with van der Waals surface area (Å²) in [5.41, 5.74) is 2.63. The highest BCUT2D eigenvalue weighted by molar-refractivity contribution is 6.03. The number of carbonyl (C=O) groups excluding carboxylic acids is 1. The lowest BCUT2D eigenvalue weighted by molar-refractivity contribution is 0.0782. The third kappa shape index (κ3) is 1.88. The summed E-state index contributed by atoms with van der Waals surface area (Å²) in [5.74, 6) is 0.175. The van der Waals surface area contributed by atoms with Gasteiger partial charge in [-0.15, -0.1) is 0 Å². The Balaban J connectivity index is 2.05. The SMILES string of the molecule is Cc1ccccc1C1(C(=O)c2ccccn2)CCC1. The molecule has 1 saturated carbocycles. The van der Waals surface area contributed by atoms with Crippen molar-refractivity contribution in [1.82, 2.24) is 4.98 Å². The van der Waals surface area contributed by atoms with Crippen molar-refractivity contribution in [3.63, 3.8) is 0 Å². The smallest absolute Gasteiger partial charge is 0.191 e. The second-order valence-electron chi connectivity index (χ2n) is 5.29. The molecule has 1 aromatic heterocycles. The van der Waals surface area contributed by atoms with Crippen LogP contribution < -0.4 is 0 Å². The first-order chi connectivity index (χ1) is 9.24. The summed E-state index contributed by atoms with van der Waals surface area (Å²) in [6, 6.07) is 13.8. The van der Waals surface area contributed by atoms with Crippen molar-refractivity contribution in [1.29, 1.82) is 0 Å². The highest BCUT2D eigenvalue weighted by Crippen LogP contribution is 2.46. The van der Waals surface area contributed by atoms with Crippen molar-refractivity contribution in [2.75, 3.05) is 0 Å². The fourth-order valence-electron chi connectivity index (χ4n) is 3.00. The molecule has 0 spiro atoms. The summed E-state index contributed by atoms with van der Waals surface area (Å²) >= 11 is 0. The second-order valence-corrected chi connectivity index (χ2v) is 5.29. The Labute approximate surface area is 113 Å². The molecule has 0 saturated heterocycles. The van der Waals surface area contributed by atoms with Crippen LogP contribution in [0.4, 0.5) is 0 Å². The van der Waals surface area contributed by atoms with Crippen LogP contribution in [0.15, 0.2) is 48.7 Å². The average Bonchev–Trinajstić information content (AvgIpc) is 2.40. The first-order valence-corrected chi connectivity index (χ1v) is 6.76. The van der Waals surface area contributed by atoms with Crippen LogP contribution in [-0.2, 0) is 5.41 Å². The lowest BCUT2D eigenvalue weighted by Gasteiger charge is -2.41. The fourth-order valence-corrected chi connectivity index (χ4v) is 3.00. The van der Waals surface area contributed by atoms with Gasteiger partial charge >= 0.3 is 0 Å². The Morgan fingerprint density at radius 1 is 1.11 bits per heavy atom. The molecule has 2 aromatic rings. The first-order valence-electron chi connectivity index (χ1n) is 6.76. The summed E-state index contributed by atoms with van der Waals surface area (Å²) in [6.45, 7) is 2.08. The number of Topliss-reactive ketones (excluding diaryl/α,β-unsaturated/α-hetero) is 1. The number of nitrogens with zero attached hydrogens (tertiary/aromatic N) is 1. The third-order valence-electron chi connectivity index (χ3n) is 4.20. The van der Waals surface area contributed by atoms with Gasteiger partial charge < -0.3 is 0 Å². The Morgan fingerprint density at radius 2 is 1.84 bits per heavy atom. The van der Waals surface area contributed by atoms with Gasteiger partial charge in [0.05, 0.1) is 5.41 Å².